The van der Waals surface area contributed by atoms with Crippen LogP contribution in [-0.4, -0.2) is 14.2 Å². The highest BCUT2D eigenvalue weighted by Gasteiger charge is 2.11. The highest BCUT2D eigenvalue weighted by Crippen LogP contribution is 2.37. The van der Waals surface area contributed by atoms with Gasteiger partial charge in [-0.05, 0) is 46.3 Å². The SMILES string of the molecule is COc1cc(CSc2ccc(F)cc2N)c(OC)cc1Br. The Morgan fingerprint density at radius 2 is 1.86 bits per heavy atom. The number of nitrogens with two attached hydrogens (primary N) is 1. The maximum Gasteiger partial charge on any atom is 0.133 e. The molecule has 0 amide bonds. The summed E-state index contributed by atoms with van der Waals surface area (Å²) in [5.41, 5.74) is 7.22. The predicted molar refractivity (Wildman–Crippen MR) is 87.6 cm³/mol. The van der Waals surface area contributed by atoms with Crippen LogP contribution in [0.25, 0.3) is 0 Å². The van der Waals surface area contributed by atoms with Gasteiger partial charge in [-0.2, -0.15) is 0 Å². The monoisotopic (exact) mass is 371 g/mol. The van der Waals surface area contributed by atoms with Crippen LogP contribution in [0.3, 0.4) is 0 Å². The molecular formula is C15H15BrFNO2S. The smallest absolute Gasteiger partial charge is 0.133 e. The number of benzene rings is 2. The molecule has 0 unspecified atom stereocenters. The molecule has 0 aliphatic carbocycles. The Balaban J connectivity index is 2.22. The topological polar surface area (TPSA) is 44.5 Å². The number of ether oxygens (including phenoxy) is 2. The van der Waals surface area contributed by atoms with Gasteiger partial charge in [0.1, 0.15) is 17.3 Å². The first-order chi connectivity index (χ1) is 10.0. The number of rotatable bonds is 5. The lowest BCUT2D eigenvalue weighted by atomic mass is 10.2. The normalized spacial score (nSPS) is 10.5. The fraction of sp³-hybridized carbons (Fsp3) is 0.200. The van der Waals surface area contributed by atoms with Crippen molar-refractivity contribution in [2.45, 2.75) is 10.6 Å². The summed E-state index contributed by atoms with van der Waals surface area (Å²) in [5.74, 6) is 1.80. The molecule has 112 valence electrons. The van der Waals surface area contributed by atoms with Crippen LogP contribution >= 0.6 is 27.7 Å². The van der Waals surface area contributed by atoms with E-state index in [0.717, 1.165) is 26.4 Å². The third-order valence-corrected chi connectivity index (χ3v) is 4.67. The zero-order valence-electron chi connectivity index (χ0n) is 11.7. The maximum absolute atomic E-state index is 13.0. The van der Waals surface area contributed by atoms with Crippen molar-refractivity contribution in [2.75, 3.05) is 20.0 Å². The van der Waals surface area contributed by atoms with Gasteiger partial charge in [-0.3, -0.25) is 0 Å². The molecule has 0 heterocycles. The van der Waals surface area contributed by atoms with Gasteiger partial charge in [0.15, 0.2) is 0 Å². The summed E-state index contributed by atoms with van der Waals surface area (Å²) in [7, 11) is 3.23. The molecule has 2 aromatic rings. The second kappa shape index (κ2) is 7.04. The summed E-state index contributed by atoms with van der Waals surface area (Å²) in [5, 5.41) is 0. The summed E-state index contributed by atoms with van der Waals surface area (Å²) in [6, 6.07) is 8.18. The minimum Gasteiger partial charge on any atom is -0.496 e. The van der Waals surface area contributed by atoms with Gasteiger partial charge in [-0.25, -0.2) is 4.39 Å². The molecule has 0 saturated carbocycles. The maximum atomic E-state index is 13.0. The summed E-state index contributed by atoms with van der Waals surface area (Å²) in [6.45, 7) is 0. The minimum atomic E-state index is -0.334. The van der Waals surface area contributed by atoms with E-state index >= 15 is 0 Å². The van der Waals surface area contributed by atoms with Gasteiger partial charge in [0, 0.05) is 21.9 Å². The Labute approximate surface area is 135 Å². The van der Waals surface area contributed by atoms with Crippen molar-refractivity contribution in [3.63, 3.8) is 0 Å². The van der Waals surface area contributed by atoms with E-state index in [1.54, 1.807) is 20.3 Å². The van der Waals surface area contributed by atoms with Crippen molar-refractivity contribution in [3.8, 4) is 11.5 Å². The molecule has 0 radical (unpaired) electrons. The molecule has 0 atom stereocenters. The van der Waals surface area contributed by atoms with Gasteiger partial charge in [0.2, 0.25) is 0 Å². The van der Waals surface area contributed by atoms with Crippen LogP contribution < -0.4 is 15.2 Å². The first kappa shape index (κ1) is 16.0. The Bertz CT molecular complexity index is 652. The number of anilines is 1. The number of halogens is 2. The predicted octanol–water partition coefficient (Wildman–Crippen LogP) is 4.48. The Hall–Kier alpha value is -1.40. The number of thioether (sulfide) groups is 1. The van der Waals surface area contributed by atoms with E-state index in [2.05, 4.69) is 15.9 Å². The number of hydrogen-bond acceptors (Lipinski definition) is 4. The molecule has 2 rings (SSSR count). The first-order valence-electron chi connectivity index (χ1n) is 6.13. The molecular weight excluding hydrogens is 357 g/mol. The Morgan fingerprint density at radius 1 is 1.14 bits per heavy atom. The minimum absolute atomic E-state index is 0.334. The van der Waals surface area contributed by atoms with Crippen LogP contribution in [-0.2, 0) is 5.75 Å². The van der Waals surface area contributed by atoms with E-state index in [9.17, 15) is 4.39 Å². The van der Waals surface area contributed by atoms with Crippen LogP contribution in [0.4, 0.5) is 10.1 Å². The number of methoxy groups -OCH3 is 2. The fourth-order valence-electron chi connectivity index (χ4n) is 1.84. The molecule has 0 spiro atoms. The molecule has 2 aromatic carbocycles. The number of hydrogen-bond donors (Lipinski definition) is 1. The van der Waals surface area contributed by atoms with Crippen molar-refractivity contribution in [1.29, 1.82) is 0 Å². The van der Waals surface area contributed by atoms with Crippen LogP contribution in [0.2, 0.25) is 0 Å². The summed E-state index contributed by atoms with van der Waals surface area (Å²) < 4.78 is 24.5. The van der Waals surface area contributed by atoms with Crippen molar-refractivity contribution in [1.82, 2.24) is 0 Å². The van der Waals surface area contributed by atoms with Crippen molar-refractivity contribution in [2.24, 2.45) is 0 Å². The molecule has 6 heteroatoms. The van der Waals surface area contributed by atoms with E-state index < -0.39 is 0 Å². The fourth-order valence-corrected chi connectivity index (χ4v) is 3.25. The molecule has 0 bridgehead atoms. The van der Waals surface area contributed by atoms with Crippen LogP contribution in [0.5, 0.6) is 11.5 Å². The van der Waals surface area contributed by atoms with Crippen LogP contribution in [0.1, 0.15) is 5.56 Å². The third-order valence-electron chi connectivity index (χ3n) is 2.91. The Kier molecular flexibility index (Phi) is 5.36. The Morgan fingerprint density at radius 3 is 2.48 bits per heavy atom. The zero-order chi connectivity index (χ0) is 15.4. The second-order valence-electron chi connectivity index (χ2n) is 4.27. The first-order valence-corrected chi connectivity index (χ1v) is 7.91. The van der Waals surface area contributed by atoms with E-state index in [4.69, 9.17) is 15.2 Å². The molecule has 2 N–H and O–H groups in total. The van der Waals surface area contributed by atoms with E-state index in [-0.39, 0.29) is 5.82 Å². The van der Waals surface area contributed by atoms with E-state index in [0.29, 0.717) is 11.4 Å². The quantitative estimate of drug-likeness (QED) is 0.621. The molecule has 0 fully saturated rings. The third kappa shape index (κ3) is 3.83. The van der Waals surface area contributed by atoms with E-state index in [1.807, 2.05) is 12.1 Å². The van der Waals surface area contributed by atoms with Gasteiger partial charge < -0.3 is 15.2 Å². The molecule has 0 aliphatic rings. The van der Waals surface area contributed by atoms with Gasteiger partial charge in [-0.15, -0.1) is 11.8 Å². The summed E-state index contributed by atoms with van der Waals surface area (Å²) in [4.78, 5) is 0.834. The lowest BCUT2D eigenvalue weighted by Crippen LogP contribution is -1.95. The van der Waals surface area contributed by atoms with Gasteiger partial charge in [-0.1, -0.05) is 0 Å². The average Bonchev–Trinajstić information content (AvgIpc) is 2.47. The summed E-state index contributed by atoms with van der Waals surface area (Å²) in [6.07, 6.45) is 0. The lowest BCUT2D eigenvalue weighted by Gasteiger charge is -2.12. The van der Waals surface area contributed by atoms with Gasteiger partial charge in [0.25, 0.3) is 0 Å². The highest BCUT2D eigenvalue weighted by atomic mass is 79.9. The standard InChI is InChI=1S/C15H15BrFNO2S/c1-19-13-7-11(16)14(20-2)5-9(13)8-21-15-4-3-10(17)6-12(15)18/h3-7H,8,18H2,1-2H3. The molecule has 0 aliphatic heterocycles. The van der Waals surface area contributed by atoms with Crippen LogP contribution in [0, 0.1) is 5.82 Å². The summed E-state index contributed by atoms with van der Waals surface area (Å²) >= 11 is 4.95. The van der Waals surface area contributed by atoms with Crippen molar-refractivity contribution >= 4 is 33.4 Å². The van der Waals surface area contributed by atoms with Crippen molar-refractivity contribution < 1.29 is 13.9 Å². The number of nitrogen functional groups attached to an aromatic ring is 1. The van der Waals surface area contributed by atoms with Gasteiger partial charge >= 0.3 is 0 Å². The van der Waals surface area contributed by atoms with Crippen LogP contribution in [0.15, 0.2) is 39.7 Å². The molecule has 3 nitrogen and oxygen atoms in total. The van der Waals surface area contributed by atoms with Crippen molar-refractivity contribution in [3.05, 3.63) is 46.2 Å². The average molecular weight is 372 g/mol. The van der Waals surface area contributed by atoms with Gasteiger partial charge in [0.05, 0.1) is 18.7 Å². The molecule has 0 saturated heterocycles. The molecule has 0 aromatic heterocycles. The largest absolute Gasteiger partial charge is 0.496 e. The van der Waals surface area contributed by atoms with E-state index in [1.165, 1.54) is 23.9 Å². The molecule has 21 heavy (non-hydrogen) atoms. The second-order valence-corrected chi connectivity index (χ2v) is 6.14. The lowest BCUT2D eigenvalue weighted by molar-refractivity contribution is 0.398. The highest BCUT2D eigenvalue weighted by molar-refractivity contribution is 9.10. The zero-order valence-corrected chi connectivity index (χ0v) is 14.1.